The average Bonchev–Trinajstić information content (AvgIpc) is 3.14. The normalized spacial score (nSPS) is 20.7. The molecule has 0 bridgehead atoms. The summed E-state index contributed by atoms with van der Waals surface area (Å²) in [5.74, 6) is -1.78. The first-order chi connectivity index (χ1) is 11.0. The SMILES string of the molecule is Cc1ncsc1C(=O)N1C[C@H](C(=O)O)[C@@H](c2ccc(Br)cc2)C1. The fourth-order valence-electron chi connectivity index (χ4n) is 2.92. The number of carboxylic acids is 1. The second kappa shape index (κ2) is 6.41. The van der Waals surface area contributed by atoms with Crippen LogP contribution in [0.1, 0.15) is 26.8 Å². The fourth-order valence-corrected chi connectivity index (χ4v) is 3.95. The number of likely N-dealkylation sites (tertiary alicyclic amines) is 1. The van der Waals surface area contributed by atoms with Crippen LogP contribution >= 0.6 is 27.3 Å². The van der Waals surface area contributed by atoms with Gasteiger partial charge in [-0.1, -0.05) is 28.1 Å². The summed E-state index contributed by atoms with van der Waals surface area (Å²) in [5, 5.41) is 9.53. The maximum atomic E-state index is 12.6. The summed E-state index contributed by atoms with van der Waals surface area (Å²) < 4.78 is 0.944. The van der Waals surface area contributed by atoms with Crippen molar-refractivity contribution < 1.29 is 14.7 Å². The molecule has 1 aliphatic rings. The Balaban J connectivity index is 1.86. The molecule has 2 heterocycles. The Labute approximate surface area is 146 Å². The highest BCUT2D eigenvalue weighted by Gasteiger charge is 2.41. The second-order valence-corrected chi connectivity index (χ2v) is 7.35. The van der Waals surface area contributed by atoms with Crippen molar-refractivity contribution in [3.63, 3.8) is 0 Å². The molecule has 2 atom stereocenters. The molecule has 1 amide bonds. The molecular formula is C16H15BrN2O3S. The molecular weight excluding hydrogens is 380 g/mol. The molecule has 1 N–H and O–H groups in total. The first-order valence-electron chi connectivity index (χ1n) is 7.15. The Kier molecular flexibility index (Phi) is 4.50. The number of carboxylic acid groups (broad SMARTS) is 1. The lowest BCUT2D eigenvalue weighted by Crippen LogP contribution is -2.29. The lowest BCUT2D eigenvalue weighted by molar-refractivity contribution is -0.141. The Morgan fingerprint density at radius 3 is 2.57 bits per heavy atom. The van der Waals surface area contributed by atoms with Crippen LogP contribution in [0, 0.1) is 12.8 Å². The number of hydrogen-bond donors (Lipinski definition) is 1. The maximum absolute atomic E-state index is 12.6. The van der Waals surface area contributed by atoms with Crippen LogP contribution < -0.4 is 0 Å². The van der Waals surface area contributed by atoms with Gasteiger partial charge in [0.25, 0.3) is 5.91 Å². The molecule has 1 aromatic heterocycles. The van der Waals surface area contributed by atoms with Gasteiger partial charge in [0.2, 0.25) is 0 Å². The maximum Gasteiger partial charge on any atom is 0.308 e. The summed E-state index contributed by atoms with van der Waals surface area (Å²) in [4.78, 5) is 30.6. The van der Waals surface area contributed by atoms with Gasteiger partial charge in [0.05, 0.1) is 17.1 Å². The third-order valence-corrected chi connectivity index (χ3v) is 5.61. The number of hydrogen-bond acceptors (Lipinski definition) is 4. The number of aryl methyl sites for hydroxylation is 1. The van der Waals surface area contributed by atoms with Crippen LogP contribution in [0.15, 0.2) is 34.2 Å². The highest BCUT2D eigenvalue weighted by atomic mass is 79.9. The number of thiazole rings is 1. The third-order valence-electron chi connectivity index (χ3n) is 4.16. The van der Waals surface area contributed by atoms with E-state index < -0.39 is 11.9 Å². The molecule has 2 aromatic rings. The van der Waals surface area contributed by atoms with Crippen molar-refractivity contribution in [2.24, 2.45) is 5.92 Å². The van der Waals surface area contributed by atoms with E-state index in [9.17, 15) is 14.7 Å². The van der Waals surface area contributed by atoms with E-state index in [2.05, 4.69) is 20.9 Å². The quantitative estimate of drug-likeness (QED) is 0.867. The van der Waals surface area contributed by atoms with Crippen LogP contribution in [0.5, 0.6) is 0 Å². The van der Waals surface area contributed by atoms with E-state index >= 15 is 0 Å². The van der Waals surface area contributed by atoms with E-state index in [4.69, 9.17) is 0 Å². The summed E-state index contributed by atoms with van der Waals surface area (Å²) in [6, 6.07) is 7.62. The standard InChI is InChI=1S/C16H15BrN2O3S/c1-9-14(23-8-18-9)15(20)19-6-12(13(7-19)16(21)22)10-2-4-11(17)5-3-10/h2-5,8,12-13H,6-7H2,1H3,(H,21,22)/t12-,13+/m1/s1. The van der Waals surface area contributed by atoms with Gasteiger partial charge in [-0.25, -0.2) is 4.98 Å². The number of aromatic nitrogens is 1. The summed E-state index contributed by atoms with van der Waals surface area (Å²) in [6.45, 7) is 2.43. The van der Waals surface area contributed by atoms with Gasteiger partial charge < -0.3 is 10.0 Å². The molecule has 23 heavy (non-hydrogen) atoms. The average molecular weight is 395 g/mol. The van der Waals surface area contributed by atoms with Crippen molar-refractivity contribution in [3.8, 4) is 0 Å². The van der Waals surface area contributed by atoms with E-state index in [0.29, 0.717) is 17.1 Å². The first kappa shape index (κ1) is 16.1. The Bertz CT molecular complexity index is 744. The lowest BCUT2D eigenvalue weighted by Gasteiger charge is -2.16. The minimum atomic E-state index is -0.866. The summed E-state index contributed by atoms with van der Waals surface area (Å²) >= 11 is 4.68. The van der Waals surface area contributed by atoms with Gasteiger partial charge in [-0.05, 0) is 24.6 Å². The van der Waals surface area contributed by atoms with Crippen molar-refractivity contribution in [3.05, 3.63) is 50.4 Å². The summed E-state index contributed by atoms with van der Waals surface area (Å²) in [6.07, 6.45) is 0. The zero-order valence-corrected chi connectivity index (χ0v) is 14.8. The van der Waals surface area contributed by atoms with Gasteiger partial charge in [-0.2, -0.15) is 0 Å². The number of aliphatic carboxylic acids is 1. The zero-order chi connectivity index (χ0) is 16.6. The van der Waals surface area contributed by atoms with Gasteiger partial charge in [0, 0.05) is 23.5 Å². The molecule has 1 saturated heterocycles. The largest absolute Gasteiger partial charge is 0.481 e. The number of carbonyl (C=O) groups excluding carboxylic acids is 1. The van der Waals surface area contributed by atoms with Gasteiger partial charge in [0.15, 0.2) is 0 Å². The molecule has 5 nitrogen and oxygen atoms in total. The van der Waals surface area contributed by atoms with Crippen LogP contribution in [0.25, 0.3) is 0 Å². The van der Waals surface area contributed by atoms with E-state index in [0.717, 1.165) is 10.0 Å². The van der Waals surface area contributed by atoms with Gasteiger partial charge >= 0.3 is 5.97 Å². The Hall–Kier alpha value is -1.73. The molecule has 0 spiro atoms. The van der Waals surface area contributed by atoms with Crippen LogP contribution in [-0.4, -0.2) is 40.0 Å². The van der Waals surface area contributed by atoms with E-state index in [1.54, 1.807) is 17.3 Å². The van der Waals surface area contributed by atoms with E-state index in [-0.39, 0.29) is 18.4 Å². The van der Waals surface area contributed by atoms with Gasteiger partial charge in [0.1, 0.15) is 4.88 Å². The number of benzene rings is 1. The highest BCUT2D eigenvalue weighted by Crippen LogP contribution is 2.34. The van der Waals surface area contributed by atoms with Gasteiger partial charge in [-0.15, -0.1) is 11.3 Å². The van der Waals surface area contributed by atoms with Crippen LogP contribution in [0.4, 0.5) is 0 Å². The highest BCUT2D eigenvalue weighted by molar-refractivity contribution is 9.10. The van der Waals surface area contributed by atoms with Crippen molar-refractivity contribution in [2.45, 2.75) is 12.8 Å². The minimum absolute atomic E-state index is 0.129. The van der Waals surface area contributed by atoms with Crippen LogP contribution in [0.2, 0.25) is 0 Å². The second-order valence-electron chi connectivity index (χ2n) is 5.58. The minimum Gasteiger partial charge on any atom is -0.481 e. The predicted octanol–water partition coefficient (Wildman–Crippen LogP) is 3.15. The van der Waals surface area contributed by atoms with Crippen LogP contribution in [-0.2, 0) is 4.79 Å². The summed E-state index contributed by atoms with van der Waals surface area (Å²) in [7, 11) is 0. The molecule has 120 valence electrons. The fraction of sp³-hybridized carbons (Fsp3) is 0.312. The van der Waals surface area contributed by atoms with Crippen molar-refractivity contribution in [1.82, 2.24) is 9.88 Å². The Morgan fingerprint density at radius 2 is 2.00 bits per heavy atom. The number of nitrogens with zero attached hydrogens (tertiary/aromatic N) is 2. The first-order valence-corrected chi connectivity index (χ1v) is 8.82. The zero-order valence-electron chi connectivity index (χ0n) is 12.4. The molecule has 0 aliphatic carbocycles. The molecule has 1 fully saturated rings. The van der Waals surface area contributed by atoms with E-state index in [1.807, 2.05) is 24.3 Å². The smallest absolute Gasteiger partial charge is 0.308 e. The number of amides is 1. The predicted molar refractivity (Wildman–Crippen MR) is 90.8 cm³/mol. The summed E-state index contributed by atoms with van der Waals surface area (Å²) in [5.41, 5.74) is 3.27. The molecule has 1 aliphatic heterocycles. The third kappa shape index (κ3) is 3.16. The number of rotatable bonds is 3. The molecule has 1 aromatic carbocycles. The number of halogens is 1. The van der Waals surface area contributed by atoms with Crippen LogP contribution in [0.3, 0.4) is 0 Å². The Morgan fingerprint density at radius 1 is 1.30 bits per heavy atom. The van der Waals surface area contributed by atoms with Crippen molar-refractivity contribution >= 4 is 39.1 Å². The lowest BCUT2D eigenvalue weighted by atomic mass is 9.89. The van der Waals surface area contributed by atoms with E-state index in [1.165, 1.54) is 11.3 Å². The molecule has 0 unspecified atom stereocenters. The monoisotopic (exact) mass is 394 g/mol. The number of carbonyl (C=O) groups is 2. The molecule has 3 rings (SSSR count). The van der Waals surface area contributed by atoms with Crippen molar-refractivity contribution in [1.29, 1.82) is 0 Å². The topological polar surface area (TPSA) is 70.5 Å². The van der Waals surface area contributed by atoms with Crippen molar-refractivity contribution in [2.75, 3.05) is 13.1 Å². The van der Waals surface area contributed by atoms with Gasteiger partial charge in [-0.3, -0.25) is 9.59 Å². The molecule has 0 saturated carbocycles. The molecule has 7 heteroatoms. The molecule has 0 radical (unpaired) electrons.